The molecule has 0 aliphatic rings. The number of nitrogens with one attached hydrogen (secondary N) is 1. The number of benzene rings is 1. The van der Waals surface area contributed by atoms with Crippen molar-refractivity contribution in [3.05, 3.63) is 18.2 Å². The van der Waals surface area contributed by atoms with Gasteiger partial charge in [-0.05, 0) is 18.6 Å². The smallest absolute Gasteiger partial charge is 0.240 e. The molecule has 18 heavy (non-hydrogen) atoms. The average molecular weight is 272 g/mol. The van der Waals surface area contributed by atoms with E-state index < -0.39 is 10.0 Å². The maximum Gasteiger partial charge on any atom is 0.240 e. The molecule has 5 nitrogen and oxygen atoms in total. The molecule has 1 aromatic rings. The van der Waals surface area contributed by atoms with Gasteiger partial charge in [0.2, 0.25) is 10.0 Å². The van der Waals surface area contributed by atoms with Crippen molar-refractivity contribution in [3.63, 3.8) is 0 Å². The zero-order valence-corrected chi connectivity index (χ0v) is 11.6. The van der Waals surface area contributed by atoms with Gasteiger partial charge in [-0.2, -0.15) is 0 Å². The van der Waals surface area contributed by atoms with Crippen LogP contribution in [-0.4, -0.2) is 21.6 Å². The van der Waals surface area contributed by atoms with E-state index in [1.165, 1.54) is 12.1 Å². The molecular weight excluding hydrogens is 252 g/mol. The quantitative estimate of drug-likeness (QED) is 0.585. The summed E-state index contributed by atoms with van der Waals surface area (Å²) in [6.45, 7) is 4.66. The molecule has 0 heterocycles. The number of rotatable bonds is 7. The van der Waals surface area contributed by atoms with E-state index in [4.69, 9.17) is 10.5 Å². The van der Waals surface area contributed by atoms with E-state index in [-0.39, 0.29) is 4.90 Å². The molecule has 0 saturated heterocycles. The summed E-state index contributed by atoms with van der Waals surface area (Å²) >= 11 is 0. The van der Waals surface area contributed by atoms with Crippen LogP contribution in [0.5, 0.6) is 5.75 Å². The van der Waals surface area contributed by atoms with Crippen LogP contribution in [0.15, 0.2) is 23.1 Å². The Kier molecular flexibility index (Phi) is 5.43. The highest BCUT2D eigenvalue weighted by Crippen LogP contribution is 2.25. The summed E-state index contributed by atoms with van der Waals surface area (Å²) in [7, 11) is -3.47. The van der Waals surface area contributed by atoms with Crippen molar-refractivity contribution in [2.24, 2.45) is 0 Å². The molecule has 0 bridgehead atoms. The van der Waals surface area contributed by atoms with Crippen LogP contribution in [-0.2, 0) is 10.0 Å². The van der Waals surface area contributed by atoms with E-state index in [0.717, 1.165) is 12.8 Å². The highest BCUT2D eigenvalue weighted by Gasteiger charge is 2.14. The van der Waals surface area contributed by atoms with Crippen molar-refractivity contribution in [1.29, 1.82) is 0 Å². The third-order valence-corrected chi connectivity index (χ3v) is 3.93. The molecule has 0 amide bonds. The molecule has 0 unspecified atom stereocenters. The van der Waals surface area contributed by atoms with Crippen molar-refractivity contribution in [2.45, 2.75) is 31.6 Å². The second-order valence-corrected chi connectivity index (χ2v) is 5.67. The van der Waals surface area contributed by atoms with E-state index >= 15 is 0 Å². The van der Waals surface area contributed by atoms with Gasteiger partial charge in [0.1, 0.15) is 5.75 Å². The fraction of sp³-hybridized carbons (Fsp3) is 0.500. The van der Waals surface area contributed by atoms with Crippen molar-refractivity contribution in [1.82, 2.24) is 4.72 Å². The van der Waals surface area contributed by atoms with Gasteiger partial charge < -0.3 is 10.5 Å². The van der Waals surface area contributed by atoms with Gasteiger partial charge in [0.05, 0.1) is 17.2 Å². The minimum absolute atomic E-state index is 0.171. The molecule has 0 atom stereocenters. The fourth-order valence-corrected chi connectivity index (χ4v) is 2.46. The summed E-state index contributed by atoms with van der Waals surface area (Å²) in [5.74, 6) is 0.419. The lowest BCUT2D eigenvalue weighted by molar-refractivity contribution is 0.310. The lowest BCUT2D eigenvalue weighted by Gasteiger charge is -2.11. The summed E-state index contributed by atoms with van der Waals surface area (Å²) in [6.07, 6.45) is 1.92. The number of unbranched alkanes of at least 4 members (excludes halogenated alkanes) is 1. The third kappa shape index (κ3) is 3.89. The Morgan fingerprint density at radius 2 is 2.06 bits per heavy atom. The highest BCUT2D eigenvalue weighted by molar-refractivity contribution is 7.89. The Balaban J connectivity index is 2.93. The van der Waals surface area contributed by atoms with Crippen LogP contribution >= 0.6 is 0 Å². The maximum absolute atomic E-state index is 11.8. The van der Waals surface area contributed by atoms with E-state index in [1.807, 2.05) is 0 Å². The summed E-state index contributed by atoms with van der Waals surface area (Å²) in [5.41, 5.74) is 6.19. The zero-order valence-electron chi connectivity index (χ0n) is 10.8. The number of hydrogen-bond acceptors (Lipinski definition) is 4. The lowest BCUT2D eigenvalue weighted by Crippen LogP contribution is -2.23. The Morgan fingerprint density at radius 3 is 2.67 bits per heavy atom. The second kappa shape index (κ2) is 6.61. The minimum atomic E-state index is -3.47. The monoisotopic (exact) mass is 272 g/mol. The van der Waals surface area contributed by atoms with Crippen molar-refractivity contribution >= 4 is 15.7 Å². The molecule has 102 valence electrons. The van der Waals surface area contributed by atoms with E-state index in [1.54, 1.807) is 13.0 Å². The van der Waals surface area contributed by atoms with Crippen LogP contribution in [0.25, 0.3) is 0 Å². The molecule has 0 aliphatic carbocycles. The Bertz CT molecular complexity index is 486. The molecule has 0 spiro atoms. The summed E-state index contributed by atoms with van der Waals surface area (Å²) in [4.78, 5) is 0.171. The Labute approximate surface area is 108 Å². The maximum atomic E-state index is 11.8. The number of nitrogens with two attached hydrogens (primary N) is 1. The van der Waals surface area contributed by atoms with Crippen LogP contribution in [0.1, 0.15) is 26.7 Å². The molecule has 0 radical (unpaired) electrons. The largest absolute Gasteiger partial charge is 0.491 e. The van der Waals surface area contributed by atoms with Crippen LogP contribution in [0.4, 0.5) is 5.69 Å². The van der Waals surface area contributed by atoms with Gasteiger partial charge in [0.25, 0.3) is 0 Å². The van der Waals surface area contributed by atoms with Gasteiger partial charge >= 0.3 is 0 Å². The topological polar surface area (TPSA) is 81.4 Å². The molecule has 3 N–H and O–H groups in total. The van der Waals surface area contributed by atoms with Crippen LogP contribution < -0.4 is 15.2 Å². The predicted octanol–water partition coefficient (Wildman–Crippen LogP) is 1.75. The van der Waals surface area contributed by atoms with Gasteiger partial charge in [-0.1, -0.05) is 20.3 Å². The molecule has 6 heteroatoms. The van der Waals surface area contributed by atoms with E-state index in [9.17, 15) is 8.42 Å². The number of ether oxygens (including phenoxy) is 1. The number of sulfonamides is 1. The van der Waals surface area contributed by atoms with Gasteiger partial charge in [-0.3, -0.25) is 0 Å². The first-order chi connectivity index (χ1) is 8.51. The molecular formula is C12H20N2O3S. The van der Waals surface area contributed by atoms with Crippen LogP contribution in [0.3, 0.4) is 0 Å². The van der Waals surface area contributed by atoms with Gasteiger partial charge in [0.15, 0.2) is 0 Å². The van der Waals surface area contributed by atoms with Crippen LogP contribution in [0.2, 0.25) is 0 Å². The Hall–Kier alpha value is -1.27. The number of hydrogen-bond donors (Lipinski definition) is 2. The fourth-order valence-electron chi connectivity index (χ4n) is 1.41. The number of nitrogen functional groups attached to an aromatic ring is 1. The SMILES string of the molecule is CCCCOc1cc(S(=O)(=O)NCC)ccc1N. The summed E-state index contributed by atoms with van der Waals surface area (Å²) in [6, 6.07) is 4.48. The highest BCUT2D eigenvalue weighted by atomic mass is 32.2. The Morgan fingerprint density at radius 1 is 1.33 bits per heavy atom. The van der Waals surface area contributed by atoms with E-state index in [0.29, 0.717) is 24.6 Å². The van der Waals surface area contributed by atoms with E-state index in [2.05, 4.69) is 11.6 Å². The summed E-state index contributed by atoms with van der Waals surface area (Å²) in [5, 5.41) is 0. The molecule has 0 aliphatic heterocycles. The normalized spacial score (nSPS) is 11.4. The first-order valence-corrected chi connectivity index (χ1v) is 7.51. The molecule has 1 rings (SSSR count). The molecule has 0 fully saturated rings. The molecule has 0 saturated carbocycles. The first-order valence-electron chi connectivity index (χ1n) is 6.03. The minimum Gasteiger partial charge on any atom is -0.491 e. The predicted molar refractivity (Wildman–Crippen MR) is 72.1 cm³/mol. The van der Waals surface area contributed by atoms with Crippen LogP contribution in [0, 0.1) is 0 Å². The zero-order chi connectivity index (χ0) is 13.6. The molecule has 1 aromatic carbocycles. The third-order valence-electron chi connectivity index (χ3n) is 2.39. The second-order valence-electron chi connectivity index (χ2n) is 3.90. The van der Waals surface area contributed by atoms with Crippen molar-refractivity contribution < 1.29 is 13.2 Å². The average Bonchev–Trinajstić information content (AvgIpc) is 2.31. The number of anilines is 1. The standard InChI is InChI=1S/C12H20N2O3S/c1-3-5-8-17-12-9-10(6-7-11(12)13)18(15,16)14-4-2/h6-7,9,14H,3-5,8,13H2,1-2H3. The van der Waals surface area contributed by atoms with Crippen molar-refractivity contribution in [3.8, 4) is 5.75 Å². The molecule has 0 aromatic heterocycles. The lowest BCUT2D eigenvalue weighted by atomic mass is 10.3. The first kappa shape index (κ1) is 14.8. The van der Waals surface area contributed by atoms with Crippen molar-refractivity contribution in [2.75, 3.05) is 18.9 Å². The van der Waals surface area contributed by atoms with Gasteiger partial charge in [0, 0.05) is 12.6 Å². The van der Waals surface area contributed by atoms with Gasteiger partial charge in [-0.25, -0.2) is 13.1 Å². The van der Waals surface area contributed by atoms with Gasteiger partial charge in [-0.15, -0.1) is 0 Å². The summed E-state index contributed by atoms with van der Waals surface area (Å²) < 4.78 is 31.5.